The number of aryl methyl sites for hydroxylation is 1. The molecule has 0 saturated heterocycles. The molecule has 1 N–H and O–H groups in total. The van der Waals surface area contributed by atoms with E-state index < -0.39 is 0 Å². The Bertz CT molecular complexity index is 671. The average Bonchev–Trinajstić information content (AvgIpc) is 2.83. The van der Waals surface area contributed by atoms with E-state index in [0.717, 1.165) is 22.7 Å². The number of hydrogen-bond donors (Lipinski definition) is 1. The molecule has 23 heavy (non-hydrogen) atoms. The fourth-order valence-electron chi connectivity index (χ4n) is 2.51. The number of likely N-dealkylation sites (N-methyl/N-ethyl adjacent to an activating group) is 1. The summed E-state index contributed by atoms with van der Waals surface area (Å²) in [6.07, 6.45) is 0. The smallest absolute Gasteiger partial charge is 0.238 e. The minimum Gasteiger partial charge on any atom is -0.361 e. The first-order chi connectivity index (χ1) is 10.8. The highest BCUT2D eigenvalue weighted by Crippen LogP contribution is 2.29. The number of benzene rings is 1. The third-order valence-electron chi connectivity index (χ3n) is 3.53. The Labute approximate surface area is 137 Å². The number of carbonyl (C=O) groups excluding carboxylic acids is 1. The highest BCUT2D eigenvalue weighted by atomic mass is 16.5. The second kappa shape index (κ2) is 6.96. The van der Waals surface area contributed by atoms with Crippen molar-refractivity contribution in [3.63, 3.8) is 0 Å². The summed E-state index contributed by atoms with van der Waals surface area (Å²) >= 11 is 0. The molecule has 1 amide bonds. The Morgan fingerprint density at radius 2 is 2.00 bits per heavy atom. The molecule has 0 aliphatic rings. The lowest BCUT2D eigenvalue weighted by Gasteiger charge is -2.23. The van der Waals surface area contributed by atoms with Gasteiger partial charge in [-0.05, 0) is 31.0 Å². The van der Waals surface area contributed by atoms with Crippen molar-refractivity contribution in [2.24, 2.45) is 0 Å². The largest absolute Gasteiger partial charge is 0.361 e. The van der Waals surface area contributed by atoms with Gasteiger partial charge in [-0.3, -0.25) is 9.69 Å². The summed E-state index contributed by atoms with van der Waals surface area (Å²) < 4.78 is 5.04. The number of nitrogens with one attached hydrogen (secondary N) is 1. The van der Waals surface area contributed by atoms with Gasteiger partial charge in [0.15, 0.2) is 0 Å². The van der Waals surface area contributed by atoms with Crippen molar-refractivity contribution in [1.29, 1.82) is 0 Å². The molecular formula is C18H25N3O2. The Balaban J connectivity index is 1.97. The predicted octanol–water partition coefficient (Wildman–Crippen LogP) is 3.35. The Morgan fingerprint density at radius 3 is 2.61 bits per heavy atom. The SMILES string of the molecule is Cc1cc(CN(C)CC(=O)Nc2ccccc2C(C)(C)C)no1. The van der Waals surface area contributed by atoms with Crippen LogP contribution in [0.15, 0.2) is 34.9 Å². The molecule has 5 nitrogen and oxygen atoms in total. The number of amides is 1. The molecule has 0 saturated carbocycles. The molecule has 0 aliphatic heterocycles. The number of carbonyl (C=O) groups is 1. The Hall–Kier alpha value is -2.14. The molecule has 124 valence electrons. The van der Waals surface area contributed by atoms with Gasteiger partial charge >= 0.3 is 0 Å². The zero-order valence-electron chi connectivity index (χ0n) is 14.5. The highest BCUT2D eigenvalue weighted by Gasteiger charge is 2.19. The van der Waals surface area contributed by atoms with Gasteiger partial charge in [0.2, 0.25) is 5.91 Å². The molecule has 5 heteroatoms. The van der Waals surface area contributed by atoms with Crippen LogP contribution in [0.25, 0.3) is 0 Å². The second-order valence-electron chi connectivity index (χ2n) is 6.94. The number of nitrogens with zero attached hydrogens (tertiary/aromatic N) is 2. The van der Waals surface area contributed by atoms with Crippen LogP contribution in [0.1, 0.15) is 37.8 Å². The van der Waals surface area contributed by atoms with Crippen LogP contribution in [0.5, 0.6) is 0 Å². The first kappa shape index (κ1) is 17.2. The maximum atomic E-state index is 12.3. The van der Waals surface area contributed by atoms with E-state index in [2.05, 4.69) is 37.3 Å². The van der Waals surface area contributed by atoms with Gasteiger partial charge in [-0.2, -0.15) is 0 Å². The molecule has 0 unspecified atom stereocenters. The number of anilines is 1. The molecule has 1 aromatic carbocycles. The van der Waals surface area contributed by atoms with Crippen molar-refractivity contribution < 1.29 is 9.32 Å². The predicted molar refractivity (Wildman–Crippen MR) is 91.3 cm³/mol. The van der Waals surface area contributed by atoms with E-state index in [-0.39, 0.29) is 11.3 Å². The summed E-state index contributed by atoms with van der Waals surface area (Å²) in [5, 5.41) is 6.96. The van der Waals surface area contributed by atoms with Crippen LogP contribution >= 0.6 is 0 Å². The number of aromatic nitrogens is 1. The summed E-state index contributed by atoms with van der Waals surface area (Å²) in [4.78, 5) is 14.2. The van der Waals surface area contributed by atoms with Crippen LogP contribution in [0.3, 0.4) is 0 Å². The van der Waals surface area contributed by atoms with Crippen molar-refractivity contribution in [2.75, 3.05) is 18.9 Å². The number of para-hydroxylation sites is 1. The first-order valence-corrected chi connectivity index (χ1v) is 7.76. The molecule has 0 bridgehead atoms. The van der Waals surface area contributed by atoms with E-state index in [9.17, 15) is 4.79 Å². The van der Waals surface area contributed by atoms with E-state index in [1.54, 1.807) is 0 Å². The van der Waals surface area contributed by atoms with Crippen LogP contribution in [-0.4, -0.2) is 29.6 Å². The minimum atomic E-state index is -0.0376. The van der Waals surface area contributed by atoms with Gasteiger partial charge in [0.25, 0.3) is 0 Å². The van der Waals surface area contributed by atoms with Gasteiger partial charge in [-0.25, -0.2) is 0 Å². The molecule has 0 spiro atoms. The number of rotatable bonds is 5. The zero-order chi connectivity index (χ0) is 17.0. The lowest BCUT2D eigenvalue weighted by Crippen LogP contribution is -2.30. The summed E-state index contributed by atoms with van der Waals surface area (Å²) in [6.45, 7) is 9.13. The van der Waals surface area contributed by atoms with E-state index in [0.29, 0.717) is 13.1 Å². The highest BCUT2D eigenvalue weighted by molar-refractivity contribution is 5.93. The van der Waals surface area contributed by atoms with Crippen molar-refractivity contribution in [3.8, 4) is 0 Å². The summed E-state index contributed by atoms with van der Waals surface area (Å²) in [5.74, 6) is 0.737. The van der Waals surface area contributed by atoms with Crippen LogP contribution < -0.4 is 5.32 Å². The van der Waals surface area contributed by atoms with Crippen molar-refractivity contribution in [1.82, 2.24) is 10.1 Å². The molecule has 1 aromatic heterocycles. The fourth-order valence-corrected chi connectivity index (χ4v) is 2.51. The van der Waals surface area contributed by atoms with Crippen LogP contribution in [0, 0.1) is 6.92 Å². The summed E-state index contributed by atoms with van der Waals surface area (Å²) in [6, 6.07) is 9.81. The lowest BCUT2D eigenvalue weighted by atomic mass is 9.86. The van der Waals surface area contributed by atoms with Gasteiger partial charge in [-0.15, -0.1) is 0 Å². The lowest BCUT2D eigenvalue weighted by molar-refractivity contribution is -0.117. The number of hydrogen-bond acceptors (Lipinski definition) is 4. The molecule has 0 atom stereocenters. The van der Waals surface area contributed by atoms with E-state index in [4.69, 9.17) is 4.52 Å². The summed E-state index contributed by atoms with van der Waals surface area (Å²) in [5.41, 5.74) is 2.81. The van der Waals surface area contributed by atoms with Crippen molar-refractivity contribution in [2.45, 2.75) is 39.7 Å². The molecule has 0 fully saturated rings. The quantitative estimate of drug-likeness (QED) is 0.919. The standard InChI is InChI=1S/C18H25N3O2/c1-13-10-14(20-23-13)11-21(5)12-17(22)19-16-9-7-6-8-15(16)18(2,3)4/h6-10H,11-12H2,1-5H3,(H,19,22). The maximum absolute atomic E-state index is 12.3. The molecular weight excluding hydrogens is 290 g/mol. The zero-order valence-corrected chi connectivity index (χ0v) is 14.5. The third-order valence-corrected chi connectivity index (χ3v) is 3.53. The normalized spacial score (nSPS) is 11.7. The van der Waals surface area contributed by atoms with E-state index in [1.165, 1.54) is 0 Å². The van der Waals surface area contributed by atoms with Gasteiger partial charge < -0.3 is 9.84 Å². The molecule has 0 aliphatic carbocycles. The molecule has 2 aromatic rings. The minimum absolute atomic E-state index is 0.0198. The van der Waals surface area contributed by atoms with Crippen LogP contribution in [0.4, 0.5) is 5.69 Å². The Morgan fingerprint density at radius 1 is 1.30 bits per heavy atom. The average molecular weight is 315 g/mol. The fraction of sp³-hybridized carbons (Fsp3) is 0.444. The van der Waals surface area contributed by atoms with Gasteiger partial charge in [-0.1, -0.05) is 44.1 Å². The Kier molecular flexibility index (Phi) is 5.21. The van der Waals surface area contributed by atoms with Gasteiger partial charge in [0, 0.05) is 18.3 Å². The molecule has 1 heterocycles. The van der Waals surface area contributed by atoms with E-state index >= 15 is 0 Å². The van der Waals surface area contributed by atoms with Crippen LogP contribution in [0.2, 0.25) is 0 Å². The monoisotopic (exact) mass is 315 g/mol. The first-order valence-electron chi connectivity index (χ1n) is 7.76. The van der Waals surface area contributed by atoms with E-state index in [1.807, 2.05) is 43.1 Å². The van der Waals surface area contributed by atoms with Crippen molar-refractivity contribution >= 4 is 11.6 Å². The third kappa shape index (κ3) is 4.93. The summed E-state index contributed by atoms with van der Waals surface area (Å²) in [7, 11) is 1.89. The van der Waals surface area contributed by atoms with Crippen LogP contribution in [-0.2, 0) is 16.8 Å². The second-order valence-corrected chi connectivity index (χ2v) is 6.94. The molecule has 2 rings (SSSR count). The molecule has 0 radical (unpaired) electrons. The maximum Gasteiger partial charge on any atom is 0.238 e. The van der Waals surface area contributed by atoms with Crippen molar-refractivity contribution in [3.05, 3.63) is 47.3 Å². The van der Waals surface area contributed by atoms with Gasteiger partial charge in [0.1, 0.15) is 5.76 Å². The topological polar surface area (TPSA) is 58.4 Å². The van der Waals surface area contributed by atoms with Gasteiger partial charge in [0.05, 0.1) is 12.2 Å².